The third-order valence-electron chi connectivity index (χ3n) is 5.68. The van der Waals surface area contributed by atoms with Crippen molar-refractivity contribution in [3.63, 3.8) is 0 Å². The lowest BCUT2D eigenvalue weighted by atomic mass is 10.2. The predicted molar refractivity (Wildman–Crippen MR) is 142 cm³/mol. The maximum atomic E-state index is 12.9. The van der Waals surface area contributed by atoms with Gasteiger partial charge in [-0.25, -0.2) is 4.98 Å². The minimum absolute atomic E-state index is 0.210. The summed E-state index contributed by atoms with van der Waals surface area (Å²) in [4.78, 5) is 17.4. The van der Waals surface area contributed by atoms with Crippen molar-refractivity contribution in [3.05, 3.63) is 136 Å². The fourth-order valence-corrected chi connectivity index (χ4v) is 3.80. The van der Waals surface area contributed by atoms with E-state index in [2.05, 4.69) is 10.1 Å². The zero-order chi connectivity index (χ0) is 24.7. The van der Waals surface area contributed by atoms with Crippen LogP contribution in [0.4, 0.5) is 0 Å². The quantitative estimate of drug-likeness (QED) is 0.268. The van der Waals surface area contributed by atoms with E-state index in [0.29, 0.717) is 41.4 Å². The van der Waals surface area contributed by atoms with E-state index >= 15 is 0 Å². The highest BCUT2D eigenvalue weighted by atomic mass is 16.5. The van der Waals surface area contributed by atoms with Gasteiger partial charge >= 0.3 is 0 Å². The van der Waals surface area contributed by atoms with Crippen molar-refractivity contribution in [3.8, 4) is 11.5 Å². The molecule has 0 unspecified atom stereocenters. The SMILES string of the molecule is Cc1nc2ccccc2c(=O)n1/N=C/c1ccc(OCc2ccccc2)c(OCc2ccccc2)c1. The van der Waals surface area contributed by atoms with Crippen LogP contribution < -0.4 is 15.0 Å². The van der Waals surface area contributed by atoms with Gasteiger partial charge in [-0.05, 0) is 53.9 Å². The lowest BCUT2D eigenvalue weighted by Crippen LogP contribution is -2.20. The molecule has 178 valence electrons. The summed E-state index contributed by atoms with van der Waals surface area (Å²) in [6.45, 7) is 2.59. The van der Waals surface area contributed by atoms with Gasteiger partial charge in [0.1, 0.15) is 19.0 Å². The topological polar surface area (TPSA) is 65.7 Å². The molecule has 6 nitrogen and oxygen atoms in total. The number of hydrogen-bond acceptors (Lipinski definition) is 5. The van der Waals surface area contributed by atoms with E-state index in [0.717, 1.165) is 16.7 Å². The molecule has 4 aromatic carbocycles. The van der Waals surface area contributed by atoms with E-state index < -0.39 is 0 Å². The summed E-state index contributed by atoms with van der Waals surface area (Å²) in [6, 6.07) is 32.8. The summed E-state index contributed by atoms with van der Waals surface area (Å²) in [6.07, 6.45) is 1.63. The largest absolute Gasteiger partial charge is 0.485 e. The molecule has 0 fully saturated rings. The van der Waals surface area contributed by atoms with Crippen LogP contribution in [0.15, 0.2) is 113 Å². The van der Waals surface area contributed by atoms with Crippen molar-refractivity contribution in [2.45, 2.75) is 20.1 Å². The smallest absolute Gasteiger partial charge is 0.282 e. The fourth-order valence-electron chi connectivity index (χ4n) is 3.80. The third kappa shape index (κ3) is 5.33. The summed E-state index contributed by atoms with van der Waals surface area (Å²) in [5.41, 5.74) is 3.33. The van der Waals surface area contributed by atoms with Gasteiger partial charge in [0, 0.05) is 0 Å². The highest BCUT2D eigenvalue weighted by Gasteiger charge is 2.09. The molecule has 0 atom stereocenters. The number of rotatable bonds is 8. The Labute approximate surface area is 209 Å². The van der Waals surface area contributed by atoms with Gasteiger partial charge in [-0.15, -0.1) is 0 Å². The zero-order valence-corrected chi connectivity index (χ0v) is 19.9. The molecular formula is C30H25N3O3. The van der Waals surface area contributed by atoms with Crippen LogP contribution in [0, 0.1) is 6.92 Å². The van der Waals surface area contributed by atoms with E-state index in [9.17, 15) is 4.79 Å². The predicted octanol–water partition coefficient (Wildman–Crippen LogP) is 5.75. The van der Waals surface area contributed by atoms with Gasteiger partial charge in [0.05, 0.1) is 17.1 Å². The Morgan fingerprint density at radius 3 is 2.08 bits per heavy atom. The number of hydrogen-bond donors (Lipinski definition) is 0. The van der Waals surface area contributed by atoms with E-state index in [-0.39, 0.29) is 5.56 Å². The molecule has 1 heterocycles. The van der Waals surface area contributed by atoms with Gasteiger partial charge in [-0.2, -0.15) is 9.78 Å². The molecule has 0 bridgehead atoms. The summed E-state index contributed by atoms with van der Waals surface area (Å²) in [5, 5.41) is 4.95. The molecule has 1 aromatic heterocycles. The second-order valence-electron chi connectivity index (χ2n) is 8.29. The molecule has 0 aliphatic rings. The normalized spacial score (nSPS) is 11.1. The van der Waals surface area contributed by atoms with E-state index in [1.165, 1.54) is 4.68 Å². The van der Waals surface area contributed by atoms with E-state index in [1.807, 2.05) is 97.1 Å². The van der Waals surface area contributed by atoms with Crippen molar-refractivity contribution >= 4 is 17.1 Å². The summed E-state index contributed by atoms with van der Waals surface area (Å²) in [5.74, 6) is 1.74. The molecule has 0 saturated heterocycles. The molecule has 0 aliphatic carbocycles. The zero-order valence-electron chi connectivity index (χ0n) is 19.9. The van der Waals surface area contributed by atoms with Crippen molar-refractivity contribution in [1.82, 2.24) is 9.66 Å². The molecule has 36 heavy (non-hydrogen) atoms. The maximum absolute atomic E-state index is 12.9. The van der Waals surface area contributed by atoms with E-state index in [1.54, 1.807) is 19.2 Å². The third-order valence-corrected chi connectivity index (χ3v) is 5.68. The Kier molecular flexibility index (Phi) is 6.85. The first-order valence-electron chi connectivity index (χ1n) is 11.7. The van der Waals surface area contributed by atoms with Crippen LogP contribution in [0.25, 0.3) is 10.9 Å². The number of aryl methyl sites for hydroxylation is 1. The van der Waals surface area contributed by atoms with Crippen LogP contribution in [0.2, 0.25) is 0 Å². The molecular weight excluding hydrogens is 450 g/mol. The highest BCUT2D eigenvalue weighted by Crippen LogP contribution is 2.30. The van der Waals surface area contributed by atoms with Crippen molar-refractivity contribution in [1.29, 1.82) is 0 Å². The lowest BCUT2D eigenvalue weighted by Gasteiger charge is -2.14. The van der Waals surface area contributed by atoms with Crippen molar-refractivity contribution in [2.75, 3.05) is 0 Å². The summed E-state index contributed by atoms with van der Waals surface area (Å²) < 4.78 is 13.5. The second kappa shape index (κ2) is 10.7. The van der Waals surface area contributed by atoms with Crippen LogP contribution in [-0.2, 0) is 13.2 Å². The first kappa shape index (κ1) is 23.1. The molecule has 5 aromatic rings. The molecule has 0 saturated carbocycles. The minimum Gasteiger partial charge on any atom is -0.485 e. The first-order chi connectivity index (χ1) is 17.7. The molecule has 0 aliphatic heterocycles. The Balaban J connectivity index is 1.43. The molecule has 0 spiro atoms. The van der Waals surface area contributed by atoms with Crippen LogP contribution in [0.1, 0.15) is 22.5 Å². The standard InChI is InChI=1S/C30H25N3O3/c1-22-32-27-15-9-8-14-26(27)30(34)33(22)31-19-25-16-17-28(35-20-23-10-4-2-5-11-23)29(18-25)36-21-24-12-6-3-7-13-24/h2-19H,20-21H2,1H3/b31-19+. The van der Waals surface area contributed by atoms with Gasteiger partial charge in [-0.1, -0.05) is 72.8 Å². The lowest BCUT2D eigenvalue weighted by molar-refractivity contribution is 0.256. The number of para-hydroxylation sites is 1. The number of fused-ring (bicyclic) bond motifs is 1. The van der Waals surface area contributed by atoms with Gasteiger partial charge in [0.15, 0.2) is 11.5 Å². The van der Waals surface area contributed by atoms with Crippen molar-refractivity contribution in [2.24, 2.45) is 5.10 Å². The molecule has 0 N–H and O–H groups in total. The van der Waals surface area contributed by atoms with Gasteiger partial charge in [0.25, 0.3) is 5.56 Å². The maximum Gasteiger partial charge on any atom is 0.282 e. The number of ether oxygens (including phenoxy) is 2. The first-order valence-corrected chi connectivity index (χ1v) is 11.7. The molecule has 6 heteroatoms. The molecule has 0 amide bonds. The van der Waals surface area contributed by atoms with Crippen LogP contribution in [0.5, 0.6) is 11.5 Å². The number of benzene rings is 4. The highest BCUT2D eigenvalue weighted by molar-refractivity contribution is 5.81. The fraction of sp³-hybridized carbons (Fsp3) is 0.100. The Morgan fingerprint density at radius 1 is 0.778 bits per heavy atom. The van der Waals surface area contributed by atoms with Gasteiger partial charge in [0.2, 0.25) is 0 Å². The van der Waals surface area contributed by atoms with Gasteiger partial charge in [-0.3, -0.25) is 4.79 Å². The Hall–Kier alpha value is -4.71. The monoisotopic (exact) mass is 475 g/mol. The summed E-state index contributed by atoms with van der Waals surface area (Å²) in [7, 11) is 0. The van der Waals surface area contributed by atoms with Crippen LogP contribution in [0.3, 0.4) is 0 Å². The minimum atomic E-state index is -0.210. The average molecular weight is 476 g/mol. The number of aromatic nitrogens is 2. The van der Waals surface area contributed by atoms with Crippen LogP contribution in [-0.4, -0.2) is 15.9 Å². The van der Waals surface area contributed by atoms with Crippen LogP contribution >= 0.6 is 0 Å². The van der Waals surface area contributed by atoms with Crippen molar-refractivity contribution < 1.29 is 9.47 Å². The molecule has 5 rings (SSSR count). The second-order valence-corrected chi connectivity index (χ2v) is 8.29. The Morgan fingerprint density at radius 2 is 1.39 bits per heavy atom. The van der Waals surface area contributed by atoms with Gasteiger partial charge < -0.3 is 9.47 Å². The molecule has 0 radical (unpaired) electrons. The average Bonchev–Trinajstić information content (AvgIpc) is 2.92. The Bertz CT molecular complexity index is 1560. The number of nitrogens with zero attached hydrogens (tertiary/aromatic N) is 3. The van der Waals surface area contributed by atoms with E-state index in [4.69, 9.17) is 9.47 Å². The summed E-state index contributed by atoms with van der Waals surface area (Å²) >= 11 is 0.